The average molecular weight is 539 g/mol. The molecule has 4 atom stereocenters. The number of aliphatic hydroxyl groups is 1. The molecule has 1 saturated heterocycles. The van der Waals surface area contributed by atoms with E-state index in [0.29, 0.717) is 31.1 Å². The Kier molecular flexibility index (Phi) is 5.58. The largest absolute Gasteiger partial charge is 0.503 e. The average Bonchev–Trinajstić information content (AvgIpc) is 3.10. The molecule has 39 heavy (non-hydrogen) atoms. The molecule has 1 fully saturated rings. The van der Waals surface area contributed by atoms with Crippen molar-refractivity contribution >= 4 is 5.69 Å². The van der Waals surface area contributed by atoms with Gasteiger partial charge in [0.05, 0.1) is 31.0 Å². The number of fused-ring (bicyclic) bond motifs is 3. The van der Waals surface area contributed by atoms with Crippen molar-refractivity contribution < 1.29 is 28.5 Å². The van der Waals surface area contributed by atoms with Gasteiger partial charge < -0.3 is 24.6 Å². The smallest absolute Gasteiger partial charge is 0.223 e. The van der Waals surface area contributed by atoms with E-state index in [1.165, 1.54) is 12.3 Å². The maximum Gasteiger partial charge on any atom is 0.223 e. The van der Waals surface area contributed by atoms with Crippen LogP contribution < -0.4 is 20.1 Å². The number of nitrogens with zero attached hydrogens (tertiary/aromatic N) is 4. The van der Waals surface area contributed by atoms with Crippen LogP contribution in [-0.2, 0) is 11.3 Å². The van der Waals surface area contributed by atoms with Crippen molar-refractivity contribution in [2.75, 3.05) is 36.3 Å². The molecule has 0 aliphatic carbocycles. The fourth-order valence-electron chi connectivity index (χ4n) is 6.52. The van der Waals surface area contributed by atoms with Crippen molar-refractivity contribution in [1.82, 2.24) is 9.58 Å². The van der Waals surface area contributed by atoms with Gasteiger partial charge in [0.2, 0.25) is 5.43 Å². The van der Waals surface area contributed by atoms with E-state index in [4.69, 9.17) is 9.47 Å². The number of halogens is 2. The van der Waals surface area contributed by atoms with E-state index in [9.17, 15) is 19.4 Å². The molecular weight excluding hydrogens is 510 g/mol. The normalized spacial score (nSPS) is 25.6. The maximum atomic E-state index is 15.7. The molecule has 11 heteroatoms. The SMILES string of the molecule is CCC1COc2cccc3c2N1Cc1c(ccc(F)c1F)C3N1C2COCCN2C(O)c2c(O)c(=O)ccn21. The van der Waals surface area contributed by atoms with E-state index in [-0.39, 0.29) is 30.5 Å². The van der Waals surface area contributed by atoms with Gasteiger partial charge in [-0.25, -0.2) is 13.7 Å². The number of pyridine rings is 1. The van der Waals surface area contributed by atoms with E-state index in [2.05, 4.69) is 4.90 Å². The monoisotopic (exact) mass is 538 g/mol. The Labute approximate surface area is 223 Å². The van der Waals surface area contributed by atoms with Gasteiger partial charge >= 0.3 is 0 Å². The zero-order valence-electron chi connectivity index (χ0n) is 21.3. The van der Waals surface area contributed by atoms with Crippen LogP contribution in [0.15, 0.2) is 47.4 Å². The summed E-state index contributed by atoms with van der Waals surface area (Å²) in [4.78, 5) is 16.3. The predicted molar refractivity (Wildman–Crippen MR) is 137 cm³/mol. The number of aromatic hydroxyl groups is 1. The second-order valence-corrected chi connectivity index (χ2v) is 10.3. The number of anilines is 1. The van der Waals surface area contributed by atoms with E-state index in [1.54, 1.807) is 15.6 Å². The van der Waals surface area contributed by atoms with Crippen molar-refractivity contribution in [3.8, 4) is 11.5 Å². The van der Waals surface area contributed by atoms with Crippen LogP contribution in [-0.4, -0.2) is 58.4 Å². The van der Waals surface area contributed by atoms with Gasteiger partial charge in [-0.1, -0.05) is 25.1 Å². The van der Waals surface area contributed by atoms with Gasteiger partial charge in [0.25, 0.3) is 0 Å². The summed E-state index contributed by atoms with van der Waals surface area (Å²) in [5.74, 6) is -1.76. The molecule has 5 heterocycles. The van der Waals surface area contributed by atoms with Crippen molar-refractivity contribution in [2.45, 2.75) is 44.4 Å². The standard InChI is InChI=1S/C28H28F2N4O5/c1-2-15-13-39-21-5-3-4-17-24(16-6-7-19(29)23(30)18(16)12-32(15)25(17)21)34-22-14-38-11-10-31(22)28(37)26-27(36)20(35)8-9-33(26)34/h3-9,15,22,24,28,36-37H,2,10-14H2,1H3. The molecule has 3 aromatic rings. The molecule has 2 aromatic carbocycles. The van der Waals surface area contributed by atoms with Crippen molar-refractivity contribution in [1.29, 1.82) is 0 Å². The van der Waals surface area contributed by atoms with Crippen LogP contribution in [0.3, 0.4) is 0 Å². The lowest BCUT2D eigenvalue weighted by Crippen LogP contribution is -2.65. The summed E-state index contributed by atoms with van der Waals surface area (Å²) in [5.41, 5.74) is 1.74. The number of morpholine rings is 1. The van der Waals surface area contributed by atoms with Gasteiger partial charge in [-0.15, -0.1) is 0 Å². The van der Waals surface area contributed by atoms with Crippen LogP contribution >= 0.6 is 0 Å². The zero-order chi connectivity index (χ0) is 27.0. The number of ether oxygens (including phenoxy) is 2. The molecule has 0 saturated carbocycles. The summed E-state index contributed by atoms with van der Waals surface area (Å²) in [6.07, 6.45) is 0.411. The Morgan fingerprint density at radius 1 is 1.10 bits per heavy atom. The van der Waals surface area contributed by atoms with Crippen molar-refractivity contribution in [2.24, 2.45) is 0 Å². The van der Waals surface area contributed by atoms with Crippen LogP contribution in [0.2, 0.25) is 0 Å². The Morgan fingerprint density at radius 3 is 2.77 bits per heavy atom. The molecule has 204 valence electrons. The second-order valence-electron chi connectivity index (χ2n) is 10.3. The molecule has 2 N–H and O–H groups in total. The van der Waals surface area contributed by atoms with E-state index < -0.39 is 41.2 Å². The van der Waals surface area contributed by atoms with Crippen molar-refractivity contribution in [3.63, 3.8) is 0 Å². The van der Waals surface area contributed by atoms with Gasteiger partial charge in [-0.2, -0.15) is 0 Å². The van der Waals surface area contributed by atoms with E-state index in [1.807, 2.05) is 30.1 Å². The van der Waals surface area contributed by atoms with Crippen LogP contribution in [0, 0.1) is 11.6 Å². The van der Waals surface area contributed by atoms with Gasteiger partial charge in [0, 0.05) is 36.5 Å². The van der Waals surface area contributed by atoms with Gasteiger partial charge in [-0.05, 0) is 24.1 Å². The molecular formula is C28H28F2N4O5. The van der Waals surface area contributed by atoms with E-state index in [0.717, 1.165) is 23.7 Å². The maximum absolute atomic E-state index is 15.7. The topological polar surface area (TPSA) is 90.6 Å². The van der Waals surface area contributed by atoms with Gasteiger partial charge in [-0.3, -0.25) is 14.5 Å². The second kappa shape index (κ2) is 8.94. The first-order valence-corrected chi connectivity index (χ1v) is 13.1. The lowest BCUT2D eigenvalue weighted by molar-refractivity contribution is -0.123. The lowest BCUT2D eigenvalue weighted by Gasteiger charge is -2.53. The molecule has 4 unspecified atom stereocenters. The fraction of sp³-hybridized carbons (Fsp3) is 0.393. The summed E-state index contributed by atoms with van der Waals surface area (Å²) < 4.78 is 44.0. The number of aliphatic hydroxyl groups excluding tert-OH is 1. The van der Waals surface area contributed by atoms with Crippen LogP contribution in [0.5, 0.6) is 11.5 Å². The molecule has 0 spiro atoms. The zero-order valence-corrected chi connectivity index (χ0v) is 21.3. The predicted octanol–water partition coefficient (Wildman–Crippen LogP) is 2.71. The highest BCUT2D eigenvalue weighted by Gasteiger charge is 2.48. The van der Waals surface area contributed by atoms with Crippen molar-refractivity contribution in [3.05, 3.63) is 86.8 Å². The molecule has 4 aliphatic rings. The molecule has 4 aliphatic heterocycles. The van der Waals surface area contributed by atoms with Crippen LogP contribution in [0.4, 0.5) is 14.5 Å². The Bertz CT molecular complexity index is 1530. The molecule has 1 aromatic heterocycles. The van der Waals surface area contributed by atoms with Gasteiger partial charge in [0.1, 0.15) is 24.2 Å². The highest BCUT2D eigenvalue weighted by atomic mass is 19.2. The summed E-state index contributed by atoms with van der Waals surface area (Å²) in [7, 11) is 0. The highest BCUT2D eigenvalue weighted by molar-refractivity contribution is 5.71. The van der Waals surface area contributed by atoms with Crippen LogP contribution in [0.1, 0.15) is 48.0 Å². The summed E-state index contributed by atoms with van der Waals surface area (Å²) in [5, 5.41) is 24.0. The summed E-state index contributed by atoms with van der Waals surface area (Å²) >= 11 is 0. The summed E-state index contributed by atoms with van der Waals surface area (Å²) in [6.45, 7) is 3.48. The first-order chi connectivity index (χ1) is 18.9. The quantitative estimate of drug-likeness (QED) is 0.515. The number of hydrogen-bond donors (Lipinski definition) is 2. The number of rotatable bonds is 2. The third-order valence-electron chi connectivity index (χ3n) is 8.42. The molecule has 0 amide bonds. The first-order valence-electron chi connectivity index (χ1n) is 13.1. The number of aromatic nitrogens is 1. The highest BCUT2D eigenvalue weighted by Crippen LogP contribution is 2.50. The third kappa shape index (κ3) is 3.43. The number of para-hydroxylation sites is 1. The number of benzene rings is 2. The minimum absolute atomic E-state index is 0.0124. The fourth-order valence-corrected chi connectivity index (χ4v) is 6.52. The Morgan fingerprint density at radius 2 is 1.95 bits per heavy atom. The minimum atomic E-state index is -1.27. The lowest BCUT2D eigenvalue weighted by atomic mass is 9.92. The minimum Gasteiger partial charge on any atom is -0.503 e. The summed E-state index contributed by atoms with van der Waals surface area (Å²) in [6, 6.07) is 8.86. The van der Waals surface area contributed by atoms with Gasteiger partial charge in [0.15, 0.2) is 23.6 Å². The molecule has 9 nitrogen and oxygen atoms in total. The molecule has 0 radical (unpaired) electrons. The first kappa shape index (κ1) is 24.4. The Hall–Kier alpha value is -3.67. The number of hydrogen-bond acceptors (Lipinski definition) is 8. The Balaban J connectivity index is 1.55. The van der Waals surface area contributed by atoms with E-state index >= 15 is 4.39 Å². The van der Waals surface area contributed by atoms with Crippen LogP contribution in [0.25, 0.3) is 0 Å². The molecule has 7 rings (SSSR count). The molecule has 0 bridgehead atoms. The third-order valence-corrected chi connectivity index (χ3v) is 8.42.